The van der Waals surface area contributed by atoms with E-state index in [2.05, 4.69) is 44.7 Å². The molecule has 2 amide bonds. The molecule has 4 atom stereocenters. The van der Waals surface area contributed by atoms with Crippen LogP contribution in [0.3, 0.4) is 0 Å². The molecule has 370 valence electrons. The van der Waals surface area contributed by atoms with E-state index in [0.717, 1.165) is 80.1 Å². The van der Waals surface area contributed by atoms with E-state index in [-0.39, 0.29) is 27.4 Å². The number of sulfone groups is 2. The topological polar surface area (TPSA) is 179 Å². The van der Waals surface area contributed by atoms with E-state index < -0.39 is 25.6 Å². The number of anilines is 1. The molecular weight excluding hydrogens is 942 g/mol. The first kappa shape index (κ1) is 53.3. The number of nitrogens with two attached hydrogens (primary N) is 1. The Morgan fingerprint density at radius 2 is 1.09 bits per heavy atom. The van der Waals surface area contributed by atoms with Gasteiger partial charge in [0.15, 0.2) is 19.7 Å². The van der Waals surface area contributed by atoms with Crippen LogP contribution >= 0.6 is 23.2 Å². The third kappa shape index (κ3) is 16.6. The summed E-state index contributed by atoms with van der Waals surface area (Å²) >= 11 is 12.0. The van der Waals surface area contributed by atoms with Gasteiger partial charge < -0.3 is 21.5 Å². The Bertz CT molecular complexity index is 2460. The maximum Gasteiger partial charge on any atom is 0.335 e. The van der Waals surface area contributed by atoms with Crippen LogP contribution in [0.25, 0.3) is 0 Å². The van der Waals surface area contributed by atoms with Gasteiger partial charge in [-0.1, -0.05) is 79.2 Å². The van der Waals surface area contributed by atoms with Gasteiger partial charge in [0.25, 0.3) is 0 Å². The van der Waals surface area contributed by atoms with Gasteiger partial charge in [-0.2, -0.15) is 0 Å². The van der Waals surface area contributed by atoms with E-state index in [1.807, 2.05) is 24.3 Å². The minimum atomic E-state index is -3.32. The normalized spacial score (nSPS) is 22.1. The van der Waals surface area contributed by atoms with Crippen molar-refractivity contribution in [2.45, 2.75) is 124 Å². The quantitative estimate of drug-likeness (QED) is 0.113. The molecule has 0 aromatic heterocycles. The van der Waals surface area contributed by atoms with E-state index in [1.165, 1.54) is 112 Å². The van der Waals surface area contributed by atoms with Crippen molar-refractivity contribution in [2.75, 3.05) is 44.0 Å². The molecule has 12 nitrogen and oxygen atoms in total. The van der Waals surface area contributed by atoms with Crippen LogP contribution < -0.4 is 16.4 Å². The Morgan fingerprint density at radius 3 is 1.57 bits per heavy atom. The van der Waals surface area contributed by atoms with Crippen molar-refractivity contribution in [3.8, 4) is 0 Å². The fourth-order valence-electron chi connectivity index (χ4n) is 10.2. The minimum Gasteiger partial charge on any atom is -0.478 e. The number of urea groups is 1. The Hall–Kier alpha value is -4.02. The number of amides is 2. The highest BCUT2D eigenvalue weighted by molar-refractivity contribution is 7.91. The molecule has 2 saturated heterocycles. The van der Waals surface area contributed by atoms with E-state index in [0.29, 0.717) is 29.7 Å². The van der Waals surface area contributed by atoms with Gasteiger partial charge in [0.1, 0.15) is 0 Å². The summed E-state index contributed by atoms with van der Waals surface area (Å²) in [6, 6.07) is 29.2. The van der Waals surface area contributed by atoms with E-state index >= 15 is 0 Å². The van der Waals surface area contributed by atoms with Crippen molar-refractivity contribution >= 4 is 60.6 Å². The Balaban J connectivity index is 0.000000189. The second-order valence-corrected chi connectivity index (χ2v) is 24.0. The number of carboxylic acid groups (broad SMARTS) is 1. The molecule has 2 aliphatic carbocycles. The molecule has 0 bridgehead atoms. The molecule has 4 aromatic carbocycles. The molecule has 2 aliphatic heterocycles. The molecule has 0 radical (unpaired) electrons. The minimum absolute atomic E-state index is 0.0763. The fourth-order valence-corrected chi connectivity index (χ4v) is 11.7. The Labute approximate surface area is 414 Å². The fraction of sp³-hybridized carbons (Fsp3) is 0.500. The maximum atomic E-state index is 12.7. The average molecular weight is 1010 g/mol. The predicted octanol–water partition coefficient (Wildman–Crippen LogP) is 9.78. The van der Waals surface area contributed by atoms with Crippen molar-refractivity contribution in [3.05, 3.63) is 124 Å². The van der Waals surface area contributed by atoms with Gasteiger partial charge in [-0.25, -0.2) is 26.4 Å². The zero-order valence-electron chi connectivity index (χ0n) is 39.4. The van der Waals surface area contributed by atoms with Crippen LogP contribution in [-0.4, -0.2) is 107 Å². The third-order valence-corrected chi connectivity index (χ3v) is 16.7. The highest BCUT2D eigenvalue weighted by Gasteiger charge is 2.34. The van der Waals surface area contributed by atoms with Gasteiger partial charge in [0.05, 0.1) is 15.4 Å². The Kier molecular flexibility index (Phi) is 19.8. The van der Waals surface area contributed by atoms with Crippen LogP contribution in [0.2, 0.25) is 10.0 Å². The number of aromatic carboxylic acids is 1. The highest BCUT2D eigenvalue weighted by atomic mass is 35.5. The zero-order chi connectivity index (χ0) is 48.8. The molecule has 2 heterocycles. The number of carbonyl (C=O) groups excluding carboxylic acids is 1. The van der Waals surface area contributed by atoms with Crippen molar-refractivity contribution in [1.82, 2.24) is 15.1 Å². The number of halogens is 2. The number of benzene rings is 4. The summed E-state index contributed by atoms with van der Waals surface area (Å²) in [4.78, 5) is 28.7. The largest absolute Gasteiger partial charge is 0.478 e. The van der Waals surface area contributed by atoms with E-state index in [4.69, 9.17) is 34.0 Å². The van der Waals surface area contributed by atoms with Gasteiger partial charge in [-0.3, -0.25) is 9.80 Å². The molecule has 0 spiro atoms. The summed E-state index contributed by atoms with van der Waals surface area (Å²) in [5.41, 5.74) is 9.65. The second kappa shape index (κ2) is 25.2. The molecule has 68 heavy (non-hydrogen) atoms. The zero-order valence-corrected chi connectivity index (χ0v) is 42.5. The van der Waals surface area contributed by atoms with Crippen LogP contribution in [0.5, 0.6) is 0 Å². The van der Waals surface area contributed by atoms with Gasteiger partial charge in [-0.15, -0.1) is 0 Å². The average Bonchev–Trinajstić information content (AvgIpc) is 3.31. The summed E-state index contributed by atoms with van der Waals surface area (Å²) in [6.45, 7) is 4.57. The van der Waals surface area contributed by atoms with E-state index in [1.54, 1.807) is 12.1 Å². The first-order chi connectivity index (χ1) is 32.4. The van der Waals surface area contributed by atoms with E-state index in [9.17, 15) is 26.4 Å². The molecule has 5 N–H and O–H groups in total. The van der Waals surface area contributed by atoms with Crippen LogP contribution in [0.1, 0.15) is 98.5 Å². The standard InChI is InChI=1S/C26H34ClN3O3S.C18H27ClN2.C8H8O4S/c1-34(32,33)23-6-4-5-22(18-23)28-26(31)29-24-7-2-3-8-25(24)30-15-13-20(14-16-30)17-19-9-11-21(27)12-10-19;19-16-7-5-14(6-8-16)13-15-9-11-21(12-10-15)18-4-2-1-3-17(18)20;1-13(11,12)7-4-2-6(3-5-7)8(9)10/h4-6,9-12,18,20,24-25H,2-3,7-8,13-17H2,1H3,(H2,28,29,31);5-8,15,17-18H,1-4,9-13,20H2;2-5H,1H3,(H,9,10)/t24-,25-;17-,18-;/m11./s1. The number of nitrogens with zero attached hydrogens (tertiary/aromatic N) is 2. The number of carbonyl (C=O) groups is 2. The van der Waals surface area contributed by atoms with Gasteiger partial charge in [0.2, 0.25) is 0 Å². The van der Waals surface area contributed by atoms with Crippen LogP contribution in [0, 0.1) is 11.8 Å². The number of hydrogen-bond donors (Lipinski definition) is 4. The smallest absolute Gasteiger partial charge is 0.335 e. The molecule has 4 aromatic rings. The van der Waals surface area contributed by atoms with Gasteiger partial charge in [-0.05, 0) is 180 Å². The molecule has 8 rings (SSSR count). The monoisotopic (exact) mass is 1010 g/mol. The molecular formula is C52H69Cl2N5O7S2. The Morgan fingerprint density at radius 1 is 0.618 bits per heavy atom. The predicted molar refractivity (Wildman–Crippen MR) is 273 cm³/mol. The van der Waals surface area contributed by atoms with Crippen molar-refractivity contribution < 1.29 is 31.5 Å². The lowest BCUT2D eigenvalue weighted by atomic mass is 9.85. The molecule has 0 unspecified atom stereocenters. The SMILES string of the molecule is CS(=O)(=O)c1ccc(C(=O)O)cc1.CS(=O)(=O)c1cccc(NC(=O)N[C@@H]2CCCC[C@H]2N2CCC(Cc3ccc(Cl)cc3)CC2)c1.N[C@@H]1CCCC[C@H]1N1CCC(Cc2ccc(Cl)cc2)CC1. The van der Waals surface area contributed by atoms with Crippen LogP contribution in [0.15, 0.2) is 107 Å². The van der Waals surface area contributed by atoms with Gasteiger partial charge in [0, 0.05) is 52.4 Å². The number of piperidine rings is 2. The summed E-state index contributed by atoms with van der Waals surface area (Å²) in [5.74, 6) is 0.431. The summed E-state index contributed by atoms with van der Waals surface area (Å²) in [7, 11) is -6.56. The molecule has 4 fully saturated rings. The summed E-state index contributed by atoms with van der Waals surface area (Å²) in [6.07, 6.45) is 19.0. The molecule has 4 aliphatic rings. The number of likely N-dealkylation sites (tertiary alicyclic amines) is 2. The summed E-state index contributed by atoms with van der Waals surface area (Å²) < 4.78 is 45.5. The van der Waals surface area contributed by atoms with Crippen LogP contribution in [0.4, 0.5) is 10.5 Å². The lowest BCUT2D eigenvalue weighted by Crippen LogP contribution is -2.55. The first-order valence-corrected chi connectivity index (χ1v) is 28.6. The van der Waals surface area contributed by atoms with Crippen molar-refractivity contribution in [3.63, 3.8) is 0 Å². The second-order valence-electron chi connectivity index (χ2n) is 19.1. The maximum absolute atomic E-state index is 12.7. The first-order valence-electron chi connectivity index (χ1n) is 24.0. The summed E-state index contributed by atoms with van der Waals surface area (Å²) in [5, 5.41) is 16.1. The van der Waals surface area contributed by atoms with Gasteiger partial charge >= 0.3 is 12.0 Å². The molecule has 2 saturated carbocycles. The van der Waals surface area contributed by atoms with Crippen molar-refractivity contribution in [1.29, 1.82) is 0 Å². The van der Waals surface area contributed by atoms with Crippen molar-refractivity contribution in [2.24, 2.45) is 17.6 Å². The third-order valence-electron chi connectivity index (χ3n) is 14.0. The number of rotatable bonds is 11. The number of nitrogens with one attached hydrogen (secondary N) is 2. The number of carboxylic acids is 1. The number of hydrogen-bond acceptors (Lipinski definition) is 9. The van der Waals surface area contributed by atoms with Crippen LogP contribution in [-0.2, 0) is 32.5 Å². The lowest BCUT2D eigenvalue weighted by Gasteiger charge is -2.43. The lowest BCUT2D eigenvalue weighted by molar-refractivity contribution is 0.0696. The highest BCUT2D eigenvalue weighted by Crippen LogP contribution is 2.31. The molecule has 16 heteroatoms.